The van der Waals surface area contributed by atoms with Gasteiger partial charge in [-0.05, 0) is 44.8 Å². The van der Waals surface area contributed by atoms with Crippen molar-refractivity contribution >= 4 is 23.1 Å². The number of non-ortho nitro benzene ring substituents is 1. The number of likely N-dealkylation sites (tertiary alicyclic amines) is 1. The maximum absolute atomic E-state index is 13.0. The Morgan fingerprint density at radius 3 is 2.56 bits per heavy atom. The maximum Gasteiger partial charge on any atom is 0.295 e. The van der Waals surface area contributed by atoms with Gasteiger partial charge in [-0.2, -0.15) is 0 Å². The van der Waals surface area contributed by atoms with Crippen LogP contribution in [-0.2, 0) is 9.59 Å². The SMILES string of the molecule is COc1cccc(C(O)=C2C(=O)C(=O)N(CCCN(C)C)[C@H]2c2cccc([N+](=O)[O-])c2)c1. The van der Waals surface area contributed by atoms with Crippen molar-refractivity contribution in [2.24, 2.45) is 0 Å². The number of rotatable bonds is 8. The largest absolute Gasteiger partial charge is 0.507 e. The minimum Gasteiger partial charge on any atom is -0.507 e. The summed E-state index contributed by atoms with van der Waals surface area (Å²) in [5.41, 5.74) is 0.426. The van der Waals surface area contributed by atoms with Gasteiger partial charge in [-0.3, -0.25) is 19.7 Å². The molecule has 2 aromatic carbocycles. The van der Waals surface area contributed by atoms with Gasteiger partial charge in [0, 0.05) is 24.2 Å². The summed E-state index contributed by atoms with van der Waals surface area (Å²) in [6.07, 6.45) is 0.588. The van der Waals surface area contributed by atoms with Crippen LogP contribution in [0.25, 0.3) is 5.76 Å². The van der Waals surface area contributed by atoms with Gasteiger partial charge in [0.2, 0.25) is 0 Å². The van der Waals surface area contributed by atoms with Crippen molar-refractivity contribution in [3.63, 3.8) is 0 Å². The molecule has 1 fully saturated rings. The van der Waals surface area contributed by atoms with E-state index < -0.39 is 22.7 Å². The first-order valence-electron chi connectivity index (χ1n) is 10.1. The third-order valence-corrected chi connectivity index (χ3v) is 5.28. The number of carbonyl (C=O) groups is 2. The summed E-state index contributed by atoms with van der Waals surface area (Å²) in [6.45, 7) is 0.936. The summed E-state index contributed by atoms with van der Waals surface area (Å²) < 4.78 is 5.19. The molecule has 0 bridgehead atoms. The highest BCUT2D eigenvalue weighted by Gasteiger charge is 2.46. The highest BCUT2D eigenvalue weighted by Crippen LogP contribution is 2.40. The molecule has 0 unspecified atom stereocenters. The molecular formula is C23H25N3O6. The van der Waals surface area contributed by atoms with Crippen molar-refractivity contribution in [2.45, 2.75) is 12.5 Å². The van der Waals surface area contributed by atoms with E-state index in [1.165, 1.54) is 30.2 Å². The van der Waals surface area contributed by atoms with Crippen molar-refractivity contribution in [3.05, 3.63) is 75.3 Å². The minimum atomic E-state index is -0.941. The number of nitro benzene ring substituents is 1. The summed E-state index contributed by atoms with van der Waals surface area (Å²) in [4.78, 5) is 40.0. The van der Waals surface area contributed by atoms with Crippen LogP contribution in [-0.4, -0.2) is 65.8 Å². The molecule has 168 valence electrons. The summed E-state index contributed by atoms with van der Waals surface area (Å²) in [5, 5.41) is 22.4. The molecule has 1 aliphatic heterocycles. The van der Waals surface area contributed by atoms with Crippen molar-refractivity contribution < 1.29 is 24.4 Å². The van der Waals surface area contributed by atoms with Crippen LogP contribution >= 0.6 is 0 Å². The average molecular weight is 439 g/mol. The van der Waals surface area contributed by atoms with E-state index in [1.54, 1.807) is 30.3 Å². The zero-order valence-electron chi connectivity index (χ0n) is 18.1. The molecule has 1 aliphatic rings. The fraction of sp³-hybridized carbons (Fsp3) is 0.304. The highest BCUT2D eigenvalue weighted by molar-refractivity contribution is 6.46. The van der Waals surface area contributed by atoms with Crippen LogP contribution in [0.15, 0.2) is 54.1 Å². The van der Waals surface area contributed by atoms with Crippen LogP contribution in [0.3, 0.4) is 0 Å². The maximum atomic E-state index is 13.0. The van der Waals surface area contributed by atoms with Crippen molar-refractivity contribution in [3.8, 4) is 5.75 Å². The number of benzene rings is 2. The smallest absolute Gasteiger partial charge is 0.295 e. The Morgan fingerprint density at radius 2 is 1.91 bits per heavy atom. The zero-order valence-corrected chi connectivity index (χ0v) is 18.1. The third-order valence-electron chi connectivity index (χ3n) is 5.28. The molecule has 1 amide bonds. The second-order valence-electron chi connectivity index (χ2n) is 7.73. The van der Waals surface area contributed by atoms with E-state index in [2.05, 4.69) is 0 Å². The van der Waals surface area contributed by atoms with Gasteiger partial charge in [0.05, 0.1) is 23.6 Å². The van der Waals surface area contributed by atoms with Crippen molar-refractivity contribution in [1.29, 1.82) is 0 Å². The van der Waals surface area contributed by atoms with Crippen LogP contribution in [0.2, 0.25) is 0 Å². The Balaban J connectivity index is 2.14. The molecule has 1 N–H and O–H groups in total. The van der Waals surface area contributed by atoms with Gasteiger partial charge in [0.1, 0.15) is 11.5 Å². The Kier molecular flexibility index (Phi) is 6.89. The van der Waals surface area contributed by atoms with E-state index in [-0.39, 0.29) is 23.6 Å². The summed E-state index contributed by atoms with van der Waals surface area (Å²) in [7, 11) is 5.27. The van der Waals surface area contributed by atoms with Crippen LogP contribution in [0, 0.1) is 10.1 Å². The van der Waals surface area contributed by atoms with Gasteiger partial charge in [-0.1, -0.05) is 24.3 Å². The lowest BCUT2D eigenvalue weighted by Gasteiger charge is -2.25. The summed E-state index contributed by atoms with van der Waals surface area (Å²) in [5.74, 6) is -1.45. The van der Waals surface area contributed by atoms with Gasteiger partial charge in [-0.15, -0.1) is 0 Å². The van der Waals surface area contributed by atoms with Gasteiger partial charge in [0.15, 0.2) is 0 Å². The first-order chi connectivity index (χ1) is 15.2. The quantitative estimate of drug-likeness (QED) is 0.221. The Bertz CT molecular complexity index is 1080. The van der Waals surface area contributed by atoms with Crippen LogP contribution in [0.4, 0.5) is 5.69 Å². The summed E-state index contributed by atoms with van der Waals surface area (Å²) >= 11 is 0. The first-order valence-corrected chi connectivity index (χ1v) is 10.1. The van der Waals surface area contributed by atoms with Crippen LogP contribution < -0.4 is 4.74 Å². The predicted octanol–water partition coefficient (Wildman–Crippen LogP) is 2.98. The molecule has 1 heterocycles. The Morgan fingerprint density at radius 1 is 1.19 bits per heavy atom. The lowest BCUT2D eigenvalue weighted by atomic mass is 9.95. The highest BCUT2D eigenvalue weighted by atomic mass is 16.6. The number of aliphatic hydroxyl groups is 1. The number of carbonyl (C=O) groups excluding carboxylic acids is 2. The zero-order chi connectivity index (χ0) is 23.4. The number of hydrogen-bond donors (Lipinski definition) is 1. The molecule has 0 saturated carbocycles. The minimum absolute atomic E-state index is 0.103. The van der Waals surface area contributed by atoms with Gasteiger partial charge in [-0.25, -0.2) is 0 Å². The molecule has 3 rings (SSSR count). The number of amides is 1. The van der Waals surface area contributed by atoms with Crippen molar-refractivity contribution in [2.75, 3.05) is 34.3 Å². The second kappa shape index (κ2) is 9.61. The molecule has 0 aliphatic carbocycles. The molecule has 2 aromatic rings. The van der Waals surface area contributed by atoms with Crippen molar-refractivity contribution in [1.82, 2.24) is 9.80 Å². The molecule has 0 radical (unpaired) electrons. The van der Waals surface area contributed by atoms with Gasteiger partial charge >= 0.3 is 0 Å². The molecule has 1 saturated heterocycles. The van der Waals surface area contributed by atoms with E-state index in [0.29, 0.717) is 29.8 Å². The molecule has 0 spiro atoms. The second-order valence-corrected chi connectivity index (χ2v) is 7.73. The topological polar surface area (TPSA) is 113 Å². The van der Waals surface area contributed by atoms with Gasteiger partial charge in [0.25, 0.3) is 17.4 Å². The molecule has 0 aromatic heterocycles. The van der Waals surface area contributed by atoms with E-state index in [4.69, 9.17) is 4.74 Å². The predicted molar refractivity (Wildman–Crippen MR) is 118 cm³/mol. The monoisotopic (exact) mass is 439 g/mol. The standard InChI is InChI=1S/C23H25N3O6/c1-24(2)11-6-12-25-20(15-7-4-9-17(13-15)26(30)31)19(22(28)23(25)29)21(27)16-8-5-10-18(14-16)32-3/h4-5,7-10,13-14,20,27H,6,11-12H2,1-3H3/t20-/m0/s1. The number of Topliss-reactive ketones (excluding diaryl/α,β-unsaturated/α-hetero) is 1. The summed E-state index contributed by atoms with van der Waals surface area (Å²) in [6, 6.07) is 11.3. The van der Waals surface area contributed by atoms with E-state index >= 15 is 0 Å². The normalized spacial score (nSPS) is 17.8. The number of aliphatic hydroxyl groups excluding tert-OH is 1. The molecular weight excluding hydrogens is 414 g/mol. The number of hydrogen-bond acceptors (Lipinski definition) is 7. The Labute approximate surface area is 185 Å². The number of nitro groups is 1. The van der Waals surface area contributed by atoms with E-state index in [1.807, 2.05) is 19.0 Å². The number of methoxy groups -OCH3 is 1. The lowest BCUT2D eigenvalue weighted by Crippen LogP contribution is -2.32. The Hall–Kier alpha value is -3.72. The van der Waals surface area contributed by atoms with E-state index in [9.17, 15) is 24.8 Å². The number of ketones is 1. The molecule has 9 heteroatoms. The van der Waals surface area contributed by atoms with E-state index in [0.717, 1.165) is 0 Å². The fourth-order valence-electron chi connectivity index (χ4n) is 3.75. The molecule has 9 nitrogen and oxygen atoms in total. The molecule has 1 atom stereocenters. The number of nitrogens with zero attached hydrogens (tertiary/aromatic N) is 3. The molecule has 32 heavy (non-hydrogen) atoms. The lowest BCUT2D eigenvalue weighted by molar-refractivity contribution is -0.384. The average Bonchev–Trinajstić information content (AvgIpc) is 3.03. The van der Waals surface area contributed by atoms with Gasteiger partial charge < -0.3 is 19.6 Å². The van der Waals surface area contributed by atoms with Crippen LogP contribution in [0.5, 0.6) is 5.75 Å². The third kappa shape index (κ3) is 4.62. The number of ether oxygens (including phenoxy) is 1. The fourth-order valence-corrected chi connectivity index (χ4v) is 3.75. The first kappa shape index (κ1) is 23.0. The van der Waals surface area contributed by atoms with Crippen LogP contribution in [0.1, 0.15) is 23.6 Å².